The number of halogens is 1. The van der Waals surface area contributed by atoms with E-state index in [9.17, 15) is 4.39 Å². The van der Waals surface area contributed by atoms with Gasteiger partial charge in [0.2, 0.25) is 0 Å². The molecule has 0 amide bonds. The summed E-state index contributed by atoms with van der Waals surface area (Å²) in [6, 6.07) is 12.1. The topological polar surface area (TPSA) is 15.6 Å². The smallest absolute Gasteiger partial charge is 0.126 e. The largest absolute Gasteiger partial charge is 0.372 e. The summed E-state index contributed by atoms with van der Waals surface area (Å²) in [7, 11) is 0. The predicted molar refractivity (Wildman–Crippen MR) is 88.9 cm³/mol. The Balaban J connectivity index is 1.59. The molecule has 0 radical (unpaired) electrons. The molecule has 0 atom stereocenters. The van der Waals surface area contributed by atoms with E-state index < -0.39 is 0 Å². The van der Waals surface area contributed by atoms with Crippen LogP contribution in [0.2, 0.25) is 0 Å². The minimum atomic E-state index is -0.139. The van der Waals surface area contributed by atoms with Crippen LogP contribution in [0.5, 0.6) is 0 Å². The molecule has 0 aromatic heterocycles. The SMILES string of the molecule is Cc1cc2c(cc1F)CC(c1ccc(N3CCCC3)cc1)=N2. The van der Waals surface area contributed by atoms with Gasteiger partial charge in [0.25, 0.3) is 0 Å². The van der Waals surface area contributed by atoms with Gasteiger partial charge >= 0.3 is 0 Å². The van der Waals surface area contributed by atoms with E-state index in [0.717, 1.165) is 42.0 Å². The number of aliphatic imine (C=N–C) groups is 1. The van der Waals surface area contributed by atoms with Gasteiger partial charge in [-0.2, -0.15) is 0 Å². The molecule has 0 saturated carbocycles. The van der Waals surface area contributed by atoms with Gasteiger partial charge in [-0.1, -0.05) is 12.1 Å². The number of fused-ring (bicyclic) bond motifs is 1. The lowest BCUT2D eigenvalue weighted by Crippen LogP contribution is -2.17. The molecule has 22 heavy (non-hydrogen) atoms. The first kappa shape index (κ1) is 13.5. The zero-order valence-electron chi connectivity index (χ0n) is 12.8. The highest BCUT2D eigenvalue weighted by Gasteiger charge is 2.18. The van der Waals surface area contributed by atoms with E-state index in [4.69, 9.17) is 0 Å². The molecular formula is C19H19FN2. The normalized spacial score (nSPS) is 16.8. The van der Waals surface area contributed by atoms with Crippen molar-refractivity contribution in [2.24, 2.45) is 4.99 Å². The van der Waals surface area contributed by atoms with E-state index >= 15 is 0 Å². The minimum Gasteiger partial charge on any atom is -0.372 e. The van der Waals surface area contributed by atoms with Gasteiger partial charge in [0.05, 0.1) is 11.4 Å². The molecule has 1 saturated heterocycles. The number of anilines is 1. The quantitative estimate of drug-likeness (QED) is 0.801. The van der Waals surface area contributed by atoms with Crippen LogP contribution in [-0.4, -0.2) is 18.8 Å². The van der Waals surface area contributed by atoms with Crippen LogP contribution in [0.3, 0.4) is 0 Å². The third kappa shape index (κ3) is 2.31. The number of hydrogen-bond donors (Lipinski definition) is 0. The van der Waals surface area contributed by atoms with E-state index in [1.165, 1.54) is 18.5 Å². The molecule has 0 aliphatic carbocycles. The zero-order chi connectivity index (χ0) is 15.1. The van der Waals surface area contributed by atoms with Crippen molar-refractivity contribution in [2.45, 2.75) is 26.2 Å². The molecule has 1 fully saturated rings. The maximum atomic E-state index is 13.7. The van der Waals surface area contributed by atoms with Crippen molar-refractivity contribution >= 4 is 17.1 Å². The van der Waals surface area contributed by atoms with Crippen LogP contribution >= 0.6 is 0 Å². The van der Waals surface area contributed by atoms with Crippen LogP contribution in [0.15, 0.2) is 41.4 Å². The Hall–Kier alpha value is -2.16. The molecule has 112 valence electrons. The summed E-state index contributed by atoms with van der Waals surface area (Å²) in [5.74, 6) is -0.139. The number of rotatable bonds is 2. The van der Waals surface area contributed by atoms with Crippen molar-refractivity contribution < 1.29 is 4.39 Å². The lowest BCUT2D eigenvalue weighted by Gasteiger charge is -2.17. The highest BCUT2D eigenvalue weighted by molar-refractivity contribution is 6.06. The molecule has 2 heterocycles. The summed E-state index contributed by atoms with van der Waals surface area (Å²) in [5, 5.41) is 0. The second kappa shape index (κ2) is 5.24. The summed E-state index contributed by atoms with van der Waals surface area (Å²) >= 11 is 0. The molecule has 2 aliphatic heterocycles. The molecule has 2 aromatic rings. The van der Waals surface area contributed by atoms with Crippen LogP contribution in [0.1, 0.15) is 29.5 Å². The molecular weight excluding hydrogens is 275 g/mol. The highest BCUT2D eigenvalue weighted by atomic mass is 19.1. The van der Waals surface area contributed by atoms with E-state index in [2.05, 4.69) is 34.2 Å². The van der Waals surface area contributed by atoms with Gasteiger partial charge in [-0.3, -0.25) is 4.99 Å². The fraction of sp³-hybridized carbons (Fsp3) is 0.316. The van der Waals surface area contributed by atoms with Gasteiger partial charge in [0, 0.05) is 25.2 Å². The van der Waals surface area contributed by atoms with Gasteiger partial charge in [-0.15, -0.1) is 0 Å². The second-order valence-corrected chi connectivity index (χ2v) is 6.21. The van der Waals surface area contributed by atoms with Crippen LogP contribution in [0.4, 0.5) is 15.8 Å². The van der Waals surface area contributed by atoms with E-state index in [0.29, 0.717) is 5.56 Å². The molecule has 0 spiro atoms. The Morgan fingerprint density at radius 1 is 1.05 bits per heavy atom. The van der Waals surface area contributed by atoms with Crippen LogP contribution in [-0.2, 0) is 6.42 Å². The van der Waals surface area contributed by atoms with Crippen molar-refractivity contribution in [3.63, 3.8) is 0 Å². The Morgan fingerprint density at radius 3 is 2.50 bits per heavy atom. The third-order valence-corrected chi connectivity index (χ3v) is 4.64. The Kier molecular flexibility index (Phi) is 3.21. The van der Waals surface area contributed by atoms with Crippen molar-refractivity contribution in [1.29, 1.82) is 0 Å². The molecule has 2 nitrogen and oxygen atoms in total. The maximum Gasteiger partial charge on any atom is 0.126 e. The molecule has 3 heteroatoms. The number of hydrogen-bond acceptors (Lipinski definition) is 2. The monoisotopic (exact) mass is 294 g/mol. The summed E-state index contributed by atoms with van der Waals surface area (Å²) in [5.41, 5.74) is 6.02. The van der Waals surface area contributed by atoms with Crippen molar-refractivity contribution in [3.05, 3.63) is 58.9 Å². The second-order valence-electron chi connectivity index (χ2n) is 6.21. The van der Waals surface area contributed by atoms with E-state index in [1.54, 1.807) is 13.0 Å². The first-order chi connectivity index (χ1) is 10.7. The van der Waals surface area contributed by atoms with Crippen LogP contribution in [0, 0.1) is 12.7 Å². The summed E-state index contributed by atoms with van der Waals surface area (Å²) in [4.78, 5) is 7.11. The lowest BCUT2D eigenvalue weighted by atomic mass is 10.0. The number of nitrogens with zero attached hydrogens (tertiary/aromatic N) is 2. The Bertz CT molecular complexity index is 741. The molecule has 0 bridgehead atoms. The first-order valence-corrected chi connectivity index (χ1v) is 7.93. The summed E-state index contributed by atoms with van der Waals surface area (Å²) < 4.78 is 13.7. The van der Waals surface area contributed by atoms with Gasteiger partial charge in [0.15, 0.2) is 0 Å². The molecule has 0 unspecified atom stereocenters. The Morgan fingerprint density at radius 2 is 1.77 bits per heavy atom. The minimum absolute atomic E-state index is 0.139. The third-order valence-electron chi connectivity index (χ3n) is 4.64. The highest BCUT2D eigenvalue weighted by Crippen LogP contribution is 2.31. The zero-order valence-corrected chi connectivity index (χ0v) is 12.8. The lowest BCUT2D eigenvalue weighted by molar-refractivity contribution is 0.617. The fourth-order valence-corrected chi connectivity index (χ4v) is 3.33. The molecule has 0 N–H and O–H groups in total. The van der Waals surface area contributed by atoms with Crippen LogP contribution in [0.25, 0.3) is 0 Å². The molecule has 2 aromatic carbocycles. The summed E-state index contributed by atoms with van der Waals surface area (Å²) in [6.45, 7) is 4.10. The fourth-order valence-electron chi connectivity index (χ4n) is 3.33. The molecule has 2 aliphatic rings. The van der Waals surface area contributed by atoms with Crippen molar-refractivity contribution in [3.8, 4) is 0 Å². The van der Waals surface area contributed by atoms with Crippen molar-refractivity contribution in [2.75, 3.05) is 18.0 Å². The summed E-state index contributed by atoms with van der Waals surface area (Å²) in [6.07, 6.45) is 3.29. The van der Waals surface area contributed by atoms with Gasteiger partial charge in [-0.05, 0) is 60.7 Å². The van der Waals surface area contributed by atoms with Gasteiger partial charge in [0.1, 0.15) is 5.82 Å². The van der Waals surface area contributed by atoms with E-state index in [1.807, 2.05) is 6.07 Å². The molecule has 4 rings (SSSR count). The van der Waals surface area contributed by atoms with Crippen molar-refractivity contribution in [1.82, 2.24) is 0 Å². The van der Waals surface area contributed by atoms with Gasteiger partial charge < -0.3 is 4.90 Å². The number of benzene rings is 2. The average Bonchev–Trinajstić information content (AvgIpc) is 3.17. The predicted octanol–water partition coefficient (Wildman–Crippen LogP) is 4.41. The Labute approximate surface area is 130 Å². The number of aryl methyl sites for hydroxylation is 1. The standard InChI is InChI=1S/C19H19FN2/c1-13-10-18-15(11-17(13)20)12-19(21-18)14-4-6-16(7-5-14)22-8-2-3-9-22/h4-7,10-11H,2-3,8-9,12H2,1H3. The first-order valence-electron chi connectivity index (χ1n) is 7.93. The maximum absolute atomic E-state index is 13.7. The average molecular weight is 294 g/mol. The van der Waals surface area contributed by atoms with E-state index in [-0.39, 0.29) is 5.82 Å². The van der Waals surface area contributed by atoms with Crippen LogP contribution < -0.4 is 4.90 Å². The van der Waals surface area contributed by atoms with Gasteiger partial charge in [-0.25, -0.2) is 4.39 Å².